The van der Waals surface area contributed by atoms with Crippen molar-refractivity contribution in [2.75, 3.05) is 13.7 Å². The second kappa shape index (κ2) is 6.01. The van der Waals surface area contributed by atoms with Crippen LogP contribution in [0.25, 0.3) is 0 Å². The third-order valence-electron chi connectivity index (χ3n) is 1.31. The van der Waals surface area contributed by atoms with Crippen LogP contribution in [0.2, 0.25) is 0 Å². The first kappa shape index (κ1) is 10.3. The van der Waals surface area contributed by atoms with Crippen LogP contribution in [0.5, 0.6) is 0 Å². The molecule has 0 aromatic heterocycles. The summed E-state index contributed by atoms with van der Waals surface area (Å²) in [7, 11) is 1.31. The molecule has 0 spiro atoms. The smallest absolute Gasteiger partial charge is 0.438 e. The molecule has 0 aromatic carbocycles. The molecule has 0 aromatic rings. The second-order valence-electron chi connectivity index (χ2n) is 2.84. The predicted octanol–water partition coefficient (Wildman–Crippen LogP) is 2.21. The van der Waals surface area contributed by atoms with Crippen LogP contribution < -0.4 is 0 Å². The summed E-state index contributed by atoms with van der Waals surface area (Å²) in [4.78, 5) is 10.4. The first-order valence-corrected chi connectivity index (χ1v) is 3.87. The molecule has 0 rings (SSSR count). The third-order valence-corrected chi connectivity index (χ3v) is 1.31. The zero-order chi connectivity index (χ0) is 8.69. The number of hydrogen-bond donors (Lipinski definition) is 0. The van der Waals surface area contributed by atoms with E-state index >= 15 is 0 Å². The Bertz CT molecular complexity index is 110. The summed E-state index contributed by atoms with van der Waals surface area (Å²) >= 11 is 0. The molecule has 0 amide bonds. The van der Waals surface area contributed by atoms with Gasteiger partial charge in [-0.05, 0) is 18.8 Å². The van der Waals surface area contributed by atoms with Gasteiger partial charge in [0.1, 0.15) is 0 Å². The number of ether oxygens (including phenoxy) is 2. The standard InChI is InChI=1S/C8H16O3/c1-7(2)5-4-6-11-8(9)10-3/h7H,4-6H2,1-3H3. The van der Waals surface area contributed by atoms with Gasteiger partial charge in [0.05, 0.1) is 13.7 Å². The van der Waals surface area contributed by atoms with E-state index in [1.807, 2.05) is 0 Å². The molecule has 0 bridgehead atoms. The van der Waals surface area contributed by atoms with Crippen molar-refractivity contribution >= 4 is 6.16 Å². The minimum absolute atomic E-state index is 0.463. The van der Waals surface area contributed by atoms with E-state index in [0.717, 1.165) is 12.8 Å². The molecule has 0 fully saturated rings. The van der Waals surface area contributed by atoms with Gasteiger partial charge in [-0.15, -0.1) is 0 Å². The number of rotatable bonds is 4. The highest BCUT2D eigenvalue weighted by molar-refractivity contribution is 5.59. The lowest BCUT2D eigenvalue weighted by Crippen LogP contribution is -2.05. The Morgan fingerprint density at radius 1 is 1.45 bits per heavy atom. The van der Waals surface area contributed by atoms with Gasteiger partial charge in [0.15, 0.2) is 0 Å². The molecule has 0 unspecified atom stereocenters. The van der Waals surface area contributed by atoms with Gasteiger partial charge in [-0.2, -0.15) is 0 Å². The zero-order valence-corrected chi connectivity index (χ0v) is 7.42. The maximum absolute atomic E-state index is 10.4. The van der Waals surface area contributed by atoms with E-state index in [0.29, 0.717) is 12.5 Å². The molecular formula is C8H16O3. The van der Waals surface area contributed by atoms with E-state index in [2.05, 4.69) is 23.3 Å². The van der Waals surface area contributed by atoms with Gasteiger partial charge in [-0.3, -0.25) is 0 Å². The van der Waals surface area contributed by atoms with Gasteiger partial charge >= 0.3 is 6.16 Å². The van der Waals surface area contributed by atoms with Crippen molar-refractivity contribution in [3.8, 4) is 0 Å². The molecule has 0 aliphatic rings. The Balaban J connectivity index is 3.08. The average Bonchev–Trinajstić information content (AvgIpc) is 1.97. The van der Waals surface area contributed by atoms with Crippen LogP contribution in [0, 0.1) is 5.92 Å². The van der Waals surface area contributed by atoms with E-state index in [1.54, 1.807) is 0 Å². The second-order valence-corrected chi connectivity index (χ2v) is 2.84. The van der Waals surface area contributed by atoms with Gasteiger partial charge in [0, 0.05) is 0 Å². The minimum atomic E-state index is -0.589. The predicted molar refractivity (Wildman–Crippen MR) is 42.4 cm³/mol. The topological polar surface area (TPSA) is 35.5 Å². The van der Waals surface area contributed by atoms with Crippen molar-refractivity contribution in [3.05, 3.63) is 0 Å². The van der Waals surface area contributed by atoms with E-state index in [-0.39, 0.29) is 0 Å². The lowest BCUT2D eigenvalue weighted by molar-refractivity contribution is 0.0707. The Kier molecular flexibility index (Phi) is 5.61. The Hall–Kier alpha value is -0.730. The Labute approximate surface area is 67.7 Å². The molecule has 0 aliphatic carbocycles. The minimum Gasteiger partial charge on any atom is -0.438 e. The largest absolute Gasteiger partial charge is 0.507 e. The normalized spacial score (nSPS) is 9.82. The zero-order valence-electron chi connectivity index (χ0n) is 7.42. The van der Waals surface area contributed by atoms with Gasteiger partial charge < -0.3 is 9.47 Å². The van der Waals surface area contributed by atoms with Crippen LogP contribution in [0.15, 0.2) is 0 Å². The van der Waals surface area contributed by atoms with E-state index in [4.69, 9.17) is 0 Å². The van der Waals surface area contributed by atoms with Crippen molar-refractivity contribution in [1.29, 1.82) is 0 Å². The quantitative estimate of drug-likeness (QED) is 0.467. The maximum atomic E-state index is 10.4. The van der Waals surface area contributed by atoms with Crippen LogP contribution in [0.1, 0.15) is 26.7 Å². The molecule has 3 nitrogen and oxygen atoms in total. The van der Waals surface area contributed by atoms with Crippen LogP contribution in [-0.2, 0) is 9.47 Å². The molecule has 0 atom stereocenters. The van der Waals surface area contributed by atoms with Crippen molar-refractivity contribution in [2.45, 2.75) is 26.7 Å². The summed E-state index contributed by atoms with van der Waals surface area (Å²) in [5.41, 5.74) is 0. The van der Waals surface area contributed by atoms with Crippen molar-refractivity contribution in [3.63, 3.8) is 0 Å². The molecule has 66 valence electrons. The molecule has 0 saturated heterocycles. The van der Waals surface area contributed by atoms with Gasteiger partial charge in [0.25, 0.3) is 0 Å². The van der Waals surface area contributed by atoms with Crippen molar-refractivity contribution in [2.24, 2.45) is 5.92 Å². The number of methoxy groups -OCH3 is 1. The van der Waals surface area contributed by atoms with Crippen LogP contribution in [-0.4, -0.2) is 19.9 Å². The maximum Gasteiger partial charge on any atom is 0.507 e. The van der Waals surface area contributed by atoms with E-state index < -0.39 is 6.16 Å². The highest BCUT2D eigenvalue weighted by atomic mass is 16.7. The fraction of sp³-hybridized carbons (Fsp3) is 0.875. The SMILES string of the molecule is COC(=O)OCCCC(C)C. The average molecular weight is 160 g/mol. The molecule has 3 heteroatoms. The molecule has 0 saturated carbocycles. The van der Waals surface area contributed by atoms with Crippen LogP contribution in [0.3, 0.4) is 0 Å². The summed E-state index contributed by atoms with van der Waals surface area (Å²) in [5.74, 6) is 0.663. The van der Waals surface area contributed by atoms with E-state index in [9.17, 15) is 4.79 Å². The number of carbonyl (C=O) groups excluding carboxylic acids is 1. The van der Waals surface area contributed by atoms with Crippen LogP contribution in [0.4, 0.5) is 4.79 Å². The molecule has 11 heavy (non-hydrogen) atoms. The monoisotopic (exact) mass is 160 g/mol. The molecular weight excluding hydrogens is 144 g/mol. The summed E-state index contributed by atoms with van der Waals surface area (Å²) in [5, 5.41) is 0. The lowest BCUT2D eigenvalue weighted by Gasteiger charge is -2.04. The van der Waals surface area contributed by atoms with Gasteiger partial charge in [-0.25, -0.2) is 4.79 Å². The first-order chi connectivity index (χ1) is 5.16. The summed E-state index contributed by atoms with van der Waals surface area (Å²) in [6, 6.07) is 0. The fourth-order valence-electron chi connectivity index (χ4n) is 0.706. The lowest BCUT2D eigenvalue weighted by atomic mass is 10.1. The Morgan fingerprint density at radius 3 is 2.55 bits per heavy atom. The van der Waals surface area contributed by atoms with E-state index in [1.165, 1.54) is 7.11 Å². The molecule has 0 heterocycles. The Morgan fingerprint density at radius 2 is 2.09 bits per heavy atom. The first-order valence-electron chi connectivity index (χ1n) is 3.87. The fourth-order valence-corrected chi connectivity index (χ4v) is 0.706. The van der Waals surface area contributed by atoms with Gasteiger partial charge in [0.2, 0.25) is 0 Å². The molecule has 0 radical (unpaired) electrons. The highest BCUT2D eigenvalue weighted by Gasteiger charge is 1.99. The molecule has 0 aliphatic heterocycles. The third kappa shape index (κ3) is 7.16. The summed E-state index contributed by atoms with van der Waals surface area (Å²) < 4.78 is 8.98. The summed E-state index contributed by atoms with van der Waals surface area (Å²) in [6.07, 6.45) is 1.40. The summed E-state index contributed by atoms with van der Waals surface area (Å²) in [6.45, 7) is 4.74. The van der Waals surface area contributed by atoms with Crippen molar-refractivity contribution in [1.82, 2.24) is 0 Å². The van der Waals surface area contributed by atoms with Gasteiger partial charge in [-0.1, -0.05) is 13.8 Å². The number of hydrogen-bond acceptors (Lipinski definition) is 3. The van der Waals surface area contributed by atoms with Crippen molar-refractivity contribution < 1.29 is 14.3 Å². The highest BCUT2D eigenvalue weighted by Crippen LogP contribution is 2.03. The van der Waals surface area contributed by atoms with Crippen LogP contribution >= 0.6 is 0 Å². The number of carbonyl (C=O) groups is 1. The molecule has 0 N–H and O–H groups in total.